The van der Waals surface area contributed by atoms with Gasteiger partial charge in [-0.05, 0) is 25.5 Å². The Morgan fingerprint density at radius 3 is 2.78 bits per heavy atom. The molecule has 0 unspecified atom stereocenters. The van der Waals surface area contributed by atoms with Gasteiger partial charge in [0, 0.05) is 11.1 Å². The van der Waals surface area contributed by atoms with Crippen LogP contribution in [0.4, 0.5) is 5.82 Å². The van der Waals surface area contributed by atoms with E-state index in [4.69, 9.17) is 10.5 Å². The first kappa shape index (κ1) is 12.5. The minimum Gasteiger partial charge on any atom is -0.493 e. The van der Waals surface area contributed by atoms with E-state index in [1.54, 1.807) is 0 Å². The van der Waals surface area contributed by atoms with Crippen LogP contribution >= 0.6 is 0 Å². The van der Waals surface area contributed by atoms with Crippen molar-refractivity contribution < 1.29 is 4.74 Å². The predicted molar refractivity (Wildman–Crippen MR) is 73.6 cm³/mol. The largest absolute Gasteiger partial charge is 0.493 e. The van der Waals surface area contributed by atoms with Crippen molar-refractivity contribution >= 4 is 5.82 Å². The number of nitrogens with zero attached hydrogens (tertiary/aromatic N) is 1. The van der Waals surface area contributed by atoms with Gasteiger partial charge in [0.1, 0.15) is 11.6 Å². The lowest BCUT2D eigenvalue weighted by molar-refractivity contribution is 0.341. The standard InChI is InChI=1S/C14H19N3O/c1-3-7-11-13(16-17-14(11)15)10-8-5-6-9-12(10)18-4-2/h5-6,8-9H,3-4,7H2,1-2H3,(H3,15,16,17). The van der Waals surface area contributed by atoms with E-state index < -0.39 is 0 Å². The molecule has 1 heterocycles. The van der Waals surface area contributed by atoms with Crippen LogP contribution in [0.1, 0.15) is 25.8 Å². The fourth-order valence-corrected chi connectivity index (χ4v) is 2.06. The molecule has 0 fully saturated rings. The smallest absolute Gasteiger partial charge is 0.149 e. The number of anilines is 1. The summed E-state index contributed by atoms with van der Waals surface area (Å²) in [5.41, 5.74) is 8.97. The molecule has 2 aromatic rings. The molecule has 2 rings (SSSR count). The van der Waals surface area contributed by atoms with Crippen molar-refractivity contribution in [1.82, 2.24) is 10.2 Å². The minimum atomic E-state index is 0.582. The van der Waals surface area contributed by atoms with E-state index in [2.05, 4.69) is 17.1 Å². The topological polar surface area (TPSA) is 63.9 Å². The van der Waals surface area contributed by atoms with Crippen molar-refractivity contribution in [2.75, 3.05) is 12.3 Å². The molecule has 0 aliphatic carbocycles. The summed E-state index contributed by atoms with van der Waals surface area (Å²) in [6.45, 7) is 4.75. The van der Waals surface area contributed by atoms with E-state index in [9.17, 15) is 0 Å². The Kier molecular flexibility index (Phi) is 3.87. The van der Waals surface area contributed by atoms with E-state index >= 15 is 0 Å². The summed E-state index contributed by atoms with van der Waals surface area (Å²) in [6, 6.07) is 7.95. The van der Waals surface area contributed by atoms with Crippen LogP contribution < -0.4 is 10.5 Å². The molecule has 4 nitrogen and oxygen atoms in total. The Morgan fingerprint density at radius 2 is 2.06 bits per heavy atom. The minimum absolute atomic E-state index is 0.582. The first-order chi connectivity index (χ1) is 8.77. The maximum atomic E-state index is 5.91. The third-order valence-electron chi connectivity index (χ3n) is 2.86. The Morgan fingerprint density at radius 1 is 1.28 bits per heavy atom. The number of benzene rings is 1. The van der Waals surface area contributed by atoms with Crippen molar-refractivity contribution in [3.05, 3.63) is 29.8 Å². The molecule has 0 amide bonds. The van der Waals surface area contributed by atoms with Gasteiger partial charge in [-0.1, -0.05) is 25.5 Å². The summed E-state index contributed by atoms with van der Waals surface area (Å²) in [5, 5.41) is 7.13. The second-order valence-electron chi connectivity index (χ2n) is 4.14. The molecule has 96 valence electrons. The highest BCUT2D eigenvalue weighted by Gasteiger charge is 2.15. The molecule has 0 aliphatic heterocycles. The number of nitrogens with one attached hydrogen (secondary N) is 1. The maximum Gasteiger partial charge on any atom is 0.149 e. The fraction of sp³-hybridized carbons (Fsp3) is 0.357. The highest BCUT2D eigenvalue weighted by Crippen LogP contribution is 2.33. The number of rotatable bonds is 5. The molecule has 0 atom stereocenters. The number of nitrogen functional groups attached to an aromatic ring is 1. The highest BCUT2D eigenvalue weighted by molar-refractivity contribution is 5.73. The van der Waals surface area contributed by atoms with Crippen molar-refractivity contribution in [3.63, 3.8) is 0 Å². The molecular formula is C14H19N3O. The average Bonchev–Trinajstić information content (AvgIpc) is 2.73. The Bertz CT molecular complexity index is 520. The molecule has 0 saturated carbocycles. The third kappa shape index (κ3) is 2.32. The second kappa shape index (κ2) is 5.58. The Balaban J connectivity index is 2.48. The van der Waals surface area contributed by atoms with Gasteiger partial charge in [0.05, 0.1) is 12.3 Å². The number of nitrogens with two attached hydrogens (primary N) is 1. The van der Waals surface area contributed by atoms with Crippen LogP contribution in [0, 0.1) is 0 Å². The van der Waals surface area contributed by atoms with E-state index in [1.807, 2.05) is 31.2 Å². The number of ether oxygens (including phenoxy) is 1. The molecule has 0 bridgehead atoms. The lowest BCUT2D eigenvalue weighted by atomic mass is 10.0. The molecule has 18 heavy (non-hydrogen) atoms. The summed E-state index contributed by atoms with van der Waals surface area (Å²) < 4.78 is 5.65. The van der Waals surface area contributed by atoms with Gasteiger partial charge >= 0.3 is 0 Å². The monoisotopic (exact) mass is 245 g/mol. The number of aromatic nitrogens is 2. The van der Waals surface area contributed by atoms with Gasteiger partial charge in [-0.2, -0.15) is 5.10 Å². The summed E-state index contributed by atoms with van der Waals surface area (Å²) in [4.78, 5) is 0. The van der Waals surface area contributed by atoms with Crippen LogP contribution in [0.3, 0.4) is 0 Å². The number of H-pyrrole nitrogens is 1. The molecule has 3 N–H and O–H groups in total. The first-order valence-electron chi connectivity index (χ1n) is 6.32. The van der Waals surface area contributed by atoms with Gasteiger partial charge < -0.3 is 10.5 Å². The van der Waals surface area contributed by atoms with Crippen molar-refractivity contribution in [2.24, 2.45) is 0 Å². The average molecular weight is 245 g/mol. The van der Waals surface area contributed by atoms with Gasteiger partial charge in [0.2, 0.25) is 0 Å². The quantitative estimate of drug-likeness (QED) is 0.851. The zero-order valence-corrected chi connectivity index (χ0v) is 10.9. The maximum absolute atomic E-state index is 5.91. The Hall–Kier alpha value is -1.97. The van der Waals surface area contributed by atoms with Crippen LogP contribution in [0.2, 0.25) is 0 Å². The molecule has 4 heteroatoms. The lowest BCUT2D eigenvalue weighted by Gasteiger charge is -2.10. The zero-order chi connectivity index (χ0) is 13.0. The van der Waals surface area contributed by atoms with Gasteiger partial charge in [0.25, 0.3) is 0 Å². The summed E-state index contributed by atoms with van der Waals surface area (Å²) in [5.74, 6) is 1.44. The van der Waals surface area contributed by atoms with Crippen LogP contribution in [-0.4, -0.2) is 16.8 Å². The van der Waals surface area contributed by atoms with E-state index in [1.165, 1.54) is 0 Å². The molecule has 0 aliphatic rings. The normalized spacial score (nSPS) is 10.6. The van der Waals surface area contributed by atoms with Gasteiger partial charge in [-0.25, -0.2) is 0 Å². The summed E-state index contributed by atoms with van der Waals surface area (Å²) >= 11 is 0. The fourth-order valence-electron chi connectivity index (χ4n) is 2.06. The summed E-state index contributed by atoms with van der Waals surface area (Å²) in [6.07, 6.45) is 1.95. The number of hydrogen-bond acceptors (Lipinski definition) is 3. The second-order valence-corrected chi connectivity index (χ2v) is 4.14. The molecule has 0 spiro atoms. The zero-order valence-electron chi connectivity index (χ0n) is 10.9. The number of hydrogen-bond donors (Lipinski definition) is 2. The molecule has 0 saturated heterocycles. The third-order valence-corrected chi connectivity index (χ3v) is 2.86. The van der Waals surface area contributed by atoms with Gasteiger partial charge in [0.15, 0.2) is 0 Å². The van der Waals surface area contributed by atoms with Crippen molar-refractivity contribution in [2.45, 2.75) is 26.7 Å². The molecule has 0 radical (unpaired) electrons. The predicted octanol–water partition coefficient (Wildman–Crippen LogP) is 3.01. The first-order valence-corrected chi connectivity index (χ1v) is 6.32. The molecule has 1 aromatic carbocycles. The van der Waals surface area contributed by atoms with Crippen LogP contribution in [-0.2, 0) is 6.42 Å². The van der Waals surface area contributed by atoms with Crippen molar-refractivity contribution in [1.29, 1.82) is 0 Å². The van der Waals surface area contributed by atoms with E-state index in [0.29, 0.717) is 12.4 Å². The lowest BCUT2D eigenvalue weighted by Crippen LogP contribution is -1.96. The highest BCUT2D eigenvalue weighted by atomic mass is 16.5. The SMILES string of the molecule is CCCc1c(N)n[nH]c1-c1ccccc1OCC. The number of para-hydroxylation sites is 1. The van der Waals surface area contributed by atoms with E-state index in [0.717, 1.165) is 35.4 Å². The van der Waals surface area contributed by atoms with Gasteiger partial charge in [-0.3, -0.25) is 5.10 Å². The Labute approximate surface area is 107 Å². The van der Waals surface area contributed by atoms with Crippen LogP contribution in [0.5, 0.6) is 5.75 Å². The van der Waals surface area contributed by atoms with Crippen molar-refractivity contribution in [3.8, 4) is 17.0 Å². The number of aromatic amines is 1. The molecule has 1 aromatic heterocycles. The molecular weight excluding hydrogens is 226 g/mol. The van der Waals surface area contributed by atoms with E-state index in [-0.39, 0.29) is 0 Å². The van der Waals surface area contributed by atoms with Crippen LogP contribution in [0.15, 0.2) is 24.3 Å². The summed E-state index contributed by atoms with van der Waals surface area (Å²) in [7, 11) is 0. The van der Waals surface area contributed by atoms with Gasteiger partial charge in [-0.15, -0.1) is 0 Å². The van der Waals surface area contributed by atoms with Crippen LogP contribution in [0.25, 0.3) is 11.3 Å².